The van der Waals surface area contributed by atoms with Crippen LogP contribution in [0.3, 0.4) is 0 Å². The average molecular weight is 277 g/mol. The number of aryl methyl sites for hydroxylation is 1. The van der Waals surface area contributed by atoms with Crippen LogP contribution in [0.2, 0.25) is 0 Å². The summed E-state index contributed by atoms with van der Waals surface area (Å²) in [5.41, 5.74) is -0.148. The number of sulfone groups is 1. The minimum absolute atomic E-state index is 0.245. The van der Waals surface area contributed by atoms with Gasteiger partial charge in [0.25, 0.3) is 0 Å². The molecule has 2 unspecified atom stereocenters. The lowest BCUT2D eigenvalue weighted by atomic mass is 10.1. The van der Waals surface area contributed by atoms with Crippen LogP contribution in [-0.4, -0.2) is 37.2 Å². The molecule has 1 aromatic rings. The van der Waals surface area contributed by atoms with Crippen LogP contribution >= 0.6 is 0 Å². The van der Waals surface area contributed by atoms with Gasteiger partial charge in [0.15, 0.2) is 15.7 Å². The van der Waals surface area contributed by atoms with Crippen molar-refractivity contribution in [2.75, 3.05) is 16.8 Å². The Kier molecular flexibility index (Phi) is 3.29. The van der Waals surface area contributed by atoms with Crippen molar-refractivity contribution in [3.8, 4) is 0 Å². The van der Waals surface area contributed by atoms with Gasteiger partial charge in [-0.15, -0.1) is 0 Å². The molecule has 0 saturated carbocycles. The van der Waals surface area contributed by atoms with Crippen molar-refractivity contribution >= 4 is 15.5 Å². The molecule has 1 fully saturated rings. The Morgan fingerprint density at radius 1 is 1.33 bits per heavy atom. The van der Waals surface area contributed by atoms with Crippen LogP contribution in [0.25, 0.3) is 0 Å². The predicted molar refractivity (Wildman–Crippen MR) is 63.2 cm³/mol. The summed E-state index contributed by atoms with van der Waals surface area (Å²) in [6.07, 6.45) is -1.16. The van der Waals surface area contributed by atoms with Gasteiger partial charge in [-0.25, -0.2) is 17.2 Å². The summed E-state index contributed by atoms with van der Waals surface area (Å²) in [7, 11) is -3.36. The van der Waals surface area contributed by atoms with Crippen LogP contribution in [0.15, 0.2) is 12.1 Å². The van der Waals surface area contributed by atoms with Crippen molar-refractivity contribution < 1.29 is 22.3 Å². The topological polar surface area (TPSA) is 66.4 Å². The zero-order valence-electron chi connectivity index (χ0n) is 9.65. The molecule has 100 valence electrons. The Bertz CT molecular complexity index is 574. The fourth-order valence-electron chi connectivity index (χ4n) is 1.94. The molecule has 2 rings (SSSR count). The molecular formula is C11H13F2NO3S. The molecule has 2 atom stereocenters. The van der Waals surface area contributed by atoms with Crippen LogP contribution in [-0.2, 0) is 9.84 Å². The predicted octanol–water partition coefficient (Wildman–Crippen LogP) is 0.843. The van der Waals surface area contributed by atoms with Gasteiger partial charge in [-0.2, -0.15) is 0 Å². The molecule has 1 saturated heterocycles. The Labute approximate surface area is 104 Å². The second-order valence-electron chi connectivity index (χ2n) is 4.45. The fraction of sp³-hybridized carbons (Fsp3) is 0.455. The van der Waals surface area contributed by atoms with Gasteiger partial charge >= 0.3 is 0 Å². The summed E-state index contributed by atoms with van der Waals surface area (Å²) in [5, 5.41) is 12.0. The van der Waals surface area contributed by atoms with Gasteiger partial charge in [0.1, 0.15) is 11.5 Å². The van der Waals surface area contributed by atoms with Crippen LogP contribution in [0.1, 0.15) is 5.56 Å². The van der Waals surface area contributed by atoms with E-state index in [9.17, 15) is 22.3 Å². The first kappa shape index (κ1) is 13.2. The third-order valence-electron chi connectivity index (χ3n) is 2.94. The minimum atomic E-state index is -3.36. The summed E-state index contributed by atoms with van der Waals surface area (Å²) in [4.78, 5) is 0. The molecule has 0 bridgehead atoms. The molecule has 7 heteroatoms. The number of hydrogen-bond acceptors (Lipinski definition) is 4. The molecule has 1 aliphatic rings. The van der Waals surface area contributed by atoms with Gasteiger partial charge < -0.3 is 10.4 Å². The molecule has 2 N–H and O–H groups in total. The number of rotatable bonds is 2. The van der Waals surface area contributed by atoms with Gasteiger partial charge in [-0.05, 0) is 18.6 Å². The van der Waals surface area contributed by atoms with Crippen LogP contribution in [0.4, 0.5) is 14.5 Å². The standard InChI is InChI=1S/C11H13F2NO3S/c1-6-2-3-7(12)11(10(6)13)14-8-4-18(16,17)5-9(8)15/h2-3,8-9,14-15H,4-5H2,1H3. The molecule has 18 heavy (non-hydrogen) atoms. The van der Waals surface area contributed by atoms with E-state index in [2.05, 4.69) is 5.32 Å². The number of aliphatic hydroxyl groups is 1. The number of benzene rings is 1. The third-order valence-corrected chi connectivity index (χ3v) is 4.65. The zero-order valence-corrected chi connectivity index (χ0v) is 10.5. The maximum Gasteiger partial charge on any atom is 0.155 e. The molecule has 4 nitrogen and oxygen atoms in total. The summed E-state index contributed by atoms with van der Waals surface area (Å²) in [6.45, 7) is 1.47. The largest absolute Gasteiger partial charge is 0.390 e. The van der Waals surface area contributed by atoms with E-state index in [4.69, 9.17) is 0 Å². The monoisotopic (exact) mass is 277 g/mol. The van der Waals surface area contributed by atoms with Crippen molar-refractivity contribution in [2.45, 2.75) is 19.1 Å². The molecule has 0 aliphatic carbocycles. The minimum Gasteiger partial charge on any atom is -0.390 e. The maximum atomic E-state index is 13.7. The van der Waals surface area contributed by atoms with E-state index in [0.717, 1.165) is 6.07 Å². The van der Waals surface area contributed by atoms with Crippen molar-refractivity contribution in [1.82, 2.24) is 0 Å². The third kappa shape index (κ3) is 2.46. The molecule has 1 aliphatic heterocycles. The molecule has 0 aromatic heterocycles. The van der Waals surface area contributed by atoms with Crippen LogP contribution in [0.5, 0.6) is 0 Å². The number of anilines is 1. The summed E-state index contributed by atoms with van der Waals surface area (Å²) >= 11 is 0. The second-order valence-corrected chi connectivity index (χ2v) is 6.60. The quantitative estimate of drug-likeness (QED) is 0.841. The van der Waals surface area contributed by atoms with E-state index in [1.165, 1.54) is 13.0 Å². The Hall–Kier alpha value is -1.21. The van der Waals surface area contributed by atoms with Gasteiger partial charge in [-0.1, -0.05) is 6.07 Å². The summed E-state index contributed by atoms with van der Waals surface area (Å²) in [5.74, 6) is -2.30. The second kappa shape index (κ2) is 4.47. The highest BCUT2D eigenvalue weighted by atomic mass is 32.2. The van der Waals surface area contributed by atoms with Crippen molar-refractivity contribution in [3.63, 3.8) is 0 Å². The van der Waals surface area contributed by atoms with Gasteiger partial charge in [0, 0.05) is 0 Å². The summed E-state index contributed by atoms with van der Waals surface area (Å²) in [6, 6.07) is 1.50. The normalized spacial score (nSPS) is 26.2. The smallest absolute Gasteiger partial charge is 0.155 e. The number of hydrogen-bond donors (Lipinski definition) is 2. The molecule has 0 amide bonds. The molecular weight excluding hydrogens is 264 g/mol. The Balaban J connectivity index is 2.28. The Morgan fingerprint density at radius 3 is 2.56 bits per heavy atom. The molecule has 0 radical (unpaired) electrons. The molecule has 1 heterocycles. The van der Waals surface area contributed by atoms with Crippen molar-refractivity contribution in [2.24, 2.45) is 0 Å². The highest BCUT2D eigenvalue weighted by Gasteiger charge is 2.37. The first-order valence-corrected chi connectivity index (χ1v) is 7.22. The first-order valence-electron chi connectivity index (χ1n) is 5.40. The molecule has 0 spiro atoms. The number of nitrogens with one attached hydrogen (secondary N) is 1. The highest BCUT2D eigenvalue weighted by molar-refractivity contribution is 7.91. The van der Waals surface area contributed by atoms with E-state index in [-0.39, 0.29) is 17.1 Å². The average Bonchev–Trinajstić information content (AvgIpc) is 2.52. The maximum absolute atomic E-state index is 13.7. The first-order chi connectivity index (χ1) is 8.30. The van der Waals surface area contributed by atoms with E-state index in [1.807, 2.05) is 0 Å². The highest BCUT2D eigenvalue weighted by Crippen LogP contribution is 2.25. The van der Waals surface area contributed by atoms with Crippen LogP contribution in [0, 0.1) is 18.6 Å². The van der Waals surface area contributed by atoms with Gasteiger partial charge in [-0.3, -0.25) is 0 Å². The van der Waals surface area contributed by atoms with E-state index < -0.39 is 39.3 Å². The SMILES string of the molecule is Cc1ccc(F)c(NC2CS(=O)(=O)CC2O)c1F. The number of aliphatic hydroxyl groups excluding tert-OH is 1. The van der Waals surface area contributed by atoms with E-state index in [1.54, 1.807) is 0 Å². The van der Waals surface area contributed by atoms with Crippen molar-refractivity contribution in [3.05, 3.63) is 29.3 Å². The number of halogens is 2. The lowest BCUT2D eigenvalue weighted by Gasteiger charge is -2.18. The summed E-state index contributed by atoms with van der Waals surface area (Å²) < 4.78 is 49.8. The van der Waals surface area contributed by atoms with E-state index in [0.29, 0.717) is 0 Å². The zero-order chi connectivity index (χ0) is 13.5. The van der Waals surface area contributed by atoms with Gasteiger partial charge in [0.05, 0.1) is 23.7 Å². The Morgan fingerprint density at radius 2 is 2.00 bits per heavy atom. The lowest BCUT2D eigenvalue weighted by Crippen LogP contribution is -2.32. The lowest BCUT2D eigenvalue weighted by molar-refractivity contribution is 0.190. The van der Waals surface area contributed by atoms with Crippen molar-refractivity contribution in [1.29, 1.82) is 0 Å². The van der Waals surface area contributed by atoms with Crippen LogP contribution < -0.4 is 5.32 Å². The van der Waals surface area contributed by atoms with Gasteiger partial charge in [0.2, 0.25) is 0 Å². The van der Waals surface area contributed by atoms with E-state index >= 15 is 0 Å². The molecule has 1 aromatic carbocycles. The fourth-order valence-corrected chi connectivity index (χ4v) is 3.68.